The first-order chi connectivity index (χ1) is 10.1. The Bertz CT molecular complexity index is 294. The van der Waals surface area contributed by atoms with Crippen molar-refractivity contribution in [2.24, 2.45) is 10.8 Å². The van der Waals surface area contributed by atoms with Crippen LogP contribution in [0.1, 0.15) is 86.5 Å². The summed E-state index contributed by atoms with van der Waals surface area (Å²) < 4.78 is 0. The Morgan fingerprint density at radius 3 is 1.91 bits per heavy atom. The maximum Gasteiger partial charge on any atom is 0.135 e. The van der Waals surface area contributed by atoms with Gasteiger partial charge < -0.3 is 0 Å². The first-order valence-corrected chi connectivity index (χ1v) is 8.61. The summed E-state index contributed by atoms with van der Waals surface area (Å²) >= 11 is 0. The zero-order chi connectivity index (χ0) is 16.9. The topological polar surface area (TPSA) is 47.9 Å². The summed E-state index contributed by atoms with van der Waals surface area (Å²) in [5, 5.41) is 9.63. The monoisotopic (exact) mass is 315 g/mol. The van der Waals surface area contributed by atoms with Gasteiger partial charge in [-0.1, -0.05) is 60.8 Å². The average Bonchev–Trinajstić information content (AvgIpc) is 2.41. The number of hydrogen-bond acceptors (Lipinski definition) is 4. The molecule has 22 heavy (non-hydrogen) atoms. The van der Waals surface area contributed by atoms with Gasteiger partial charge in [0.25, 0.3) is 0 Å². The molecule has 131 valence electrons. The minimum absolute atomic E-state index is 0.182. The van der Waals surface area contributed by atoms with Gasteiger partial charge >= 0.3 is 0 Å². The molecule has 4 heteroatoms. The van der Waals surface area contributed by atoms with Gasteiger partial charge in [0.1, 0.15) is 11.7 Å². The van der Waals surface area contributed by atoms with Gasteiger partial charge in [0.2, 0.25) is 0 Å². The zero-order valence-electron chi connectivity index (χ0n) is 15.3. The van der Waals surface area contributed by atoms with Gasteiger partial charge in [0.15, 0.2) is 0 Å². The van der Waals surface area contributed by atoms with E-state index in [9.17, 15) is 5.26 Å². The van der Waals surface area contributed by atoms with Crippen LogP contribution in [-0.4, -0.2) is 17.5 Å². The maximum atomic E-state index is 9.63. The van der Waals surface area contributed by atoms with Crippen LogP contribution >= 0.6 is 0 Å². The number of hydrogen-bond donors (Lipinski definition) is 1. The molecule has 1 rings (SSSR count). The van der Waals surface area contributed by atoms with Crippen molar-refractivity contribution in [3.05, 3.63) is 6.10 Å². The van der Waals surface area contributed by atoms with Crippen molar-refractivity contribution in [2.75, 3.05) is 6.61 Å². The van der Waals surface area contributed by atoms with Crippen molar-refractivity contribution in [1.82, 2.24) is 0 Å². The van der Waals surface area contributed by atoms with E-state index in [-0.39, 0.29) is 10.8 Å². The van der Waals surface area contributed by atoms with Gasteiger partial charge in [-0.3, -0.25) is 5.26 Å². The summed E-state index contributed by atoms with van der Waals surface area (Å²) in [5.74, 6) is 0. The van der Waals surface area contributed by atoms with E-state index >= 15 is 0 Å². The second kappa shape index (κ2) is 8.09. The molecule has 0 atom stereocenters. The van der Waals surface area contributed by atoms with E-state index in [1.807, 2.05) is 0 Å². The third kappa shape index (κ3) is 4.92. The van der Waals surface area contributed by atoms with E-state index in [2.05, 4.69) is 41.5 Å². The molecule has 1 radical (unpaired) electrons. The third-order valence-corrected chi connectivity index (χ3v) is 4.92. The van der Waals surface area contributed by atoms with Crippen LogP contribution in [0.5, 0.6) is 0 Å². The highest BCUT2D eigenvalue weighted by Crippen LogP contribution is 2.49. The molecule has 4 nitrogen and oxygen atoms in total. The highest BCUT2D eigenvalue weighted by molar-refractivity contribution is 5.00. The lowest BCUT2D eigenvalue weighted by Gasteiger charge is -2.50. The summed E-state index contributed by atoms with van der Waals surface area (Å²) in [7, 11) is 0. The smallest absolute Gasteiger partial charge is 0.135 e. The maximum absolute atomic E-state index is 9.63. The first kappa shape index (κ1) is 19.9. The highest BCUT2D eigenvalue weighted by atomic mass is 17.2. The van der Waals surface area contributed by atoms with Crippen LogP contribution in [0.25, 0.3) is 0 Å². The zero-order valence-corrected chi connectivity index (χ0v) is 15.3. The standard InChI is InChI=1S/C18H35O4/c1-16(2,3)18(22-19,17(4,5)6)13-10-14-20-21-15-11-8-7-9-12-15/h19H,7-14H2,1-6H3. The normalized spacial score (nSPS) is 18.7. The molecule has 1 aliphatic rings. The van der Waals surface area contributed by atoms with Crippen molar-refractivity contribution < 1.29 is 19.9 Å². The highest BCUT2D eigenvalue weighted by Gasteiger charge is 2.52. The Hall–Kier alpha value is -0.160. The van der Waals surface area contributed by atoms with Crippen LogP contribution in [0.4, 0.5) is 0 Å². The first-order valence-electron chi connectivity index (χ1n) is 8.61. The van der Waals surface area contributed by atoms with Gasteiger partial charge in [-0.25, -0.2) is 14.7 Å². The Morgan fingerprint density at radius 2 is 1.45 bits per heavy atom. The molecule has 0 aromatic rings. The summed E-state index contributed by atoms with van der Waals surface area (Å²) in [6.07, 6.45) is 8.31. The fourth-order valence-corrected chi connectivity index (χ4v) is 3.73. The quantitative estimate of drug-likeness (QED) is 0.381. The molecule has 1 saturated carbocycles. The van der Waals surface area contributed by atoms with Gasteiger partial charge in [-0.2, -0.15) is 0 Å². The molecule has 1 aliphatic carbocycles. The van der Waals surface area contributed by atoms with Crippen LogP contribution < -0.4 is 0 Å². The number of rotatable bonds is 7. The minimum atomic E-state index is -0.624. The van der Waals surface area contributed by atoms with Gasteiger partial charge in [-0.05, 0) is 36.5 Å². The van der Waals surface area contributed by atoms with Crippen molar-refractivity contribution in [1.29, 1.82) is 0 Å². The molecule has 0 spiro atoms. The largest absolute Gasteiger partial charge is 0.251 e. The molecule has 0 saturated heterocycles. The Morgan fingerprint density at radius 1 is 0.909 bits per heavy atom. The molecule has 0 unspecified atom stereocenters. The lowest BCUT2D eigenvalue weighted by atomic mass is 9.60. The van der Waals surface area contributed by atoms with E-state index in [1.165, 1.54) is 19.3 Å². The SMILES string of the molecule is CC(C)(C)C(CCCOO[C]1CCCCC1)(OO)C(C)(C)C. The van der Waals surface area contributed by atoms with Crippen LogP contribution in [0.3, 0.4) is 0 Å². The van der Waals surface area contributed by atoms with E-state index < -0.39 is 5.60 Å². The van der Waals surface area contributed by atoms with Crippen LogP contribution in [-0.2, 0) is 14.7 Å². The van der Waals surface area contributed by atoms with Crippen LogP contribution in [0.2, 0.25) is 0 Å². The average molecular weight is 315 g/mol. The third-order valence-electron chi connectivity index (χ3n) is 4.92. The van der Waals surface area contributed by atoms with E-state index in [1.54, 1.807) is 0 Å². The molecule has 0 aliphatic heterocycles. The van der Waals surface area contributed by atoms with Gasteiger partial charge in [0, 0.05) is 0 Å². The lowest BCUT2D eigenvalue weighted by molar-refractivity contribution is -0.380. The second-order valence-electron chi connectivity index (χ2n) is 8.53. The van der Waals surface area contributed by atoms with Crippen molar-refractivity contribution in [3.8, 4) is 0 Å². The lowest BCUT2D eigenvalue weighted by Crippen LogP contribution is -2.54. The fraction of sp³-hybridized carbons (Fsp3) is 0.944. The molecule has 0 aromatic heterocycles. The molecular weight excluding hydrogens is 280 g/mol. The molecule has 1 N–H and O–H groups in total. The van der Waals surface area contributed by atoms with E-state index in [0.717, 1.165) is 31.8 Å². The van der Waals surface area contributed by atoms with Crippen molar-refractivity contribution in [2.45, 2.75) is 92.1 Å². The predicted molar refractivity (Wildman–Crippen MR) is 88.0 cm³/mol. The van der Waals surface area contributed by atoms with E-state index in [4.69, 9.17) is 14.7 Å². The second-order valence-corrected chi connectivity index (χ2v) is 8.53. The van der Waals surface area contributed by atoms with Crippen molar-refractivity contribution >= 4 is 0 Å². The molecule has 0 heterocycles. The molecule has 0 bridgehead atoms. The molecule has 0 aromatic carbocycles. The Kier molecular flexibility index (Phi) is 7.31. The Balaban J connectivity index is 2.44. The van der Waals surface area contributed by atoms with Gasteiger partial charge in [-0.15, -0.1) is 0 Å². The van der Waals surface area contributed by atoms with Crippen LogP contribution in [0.15, 0.2) is 0 Å². The fourth-order valence-electron chi connectivity index (χ4n) is 3.73. The molecule has 1 fully saturated rings. The Labute approximate surface area is 136 Å². The van der Waals surface area contributed by atoms with Crippen molar-refractivity contribution in [3.63, 3.8) is 0 Å². The summed E-state index contributed by atoms with van der Waals surface area (Å²) in [4.78, 5) is 15.8. The molecule has 0 amide bonds. The van der Waals surface area contributed by atoms with Gasteiger partial charge in [0.05, 0.1) is 6.61 Å². The minimum Gasteiger partial charge on any atom is -0.251 e. The molecular formula is C18H35O4. The van der Waals surface area contributed by atoms with Crippen LogP contribution in [0, 0.1) is 16.9 Å². The summed E-state index contributed by atoms with van der Waals surface area (Å²) in [5.41, 5.74) is -0.987. The summed E-state index contributed by atoms with van der Waals surface area (Å²) in [6.45, 7) is 13.1. The van der Waals surface area contributed by atoms with E-state index in [0.29, 0.717) is 6.61 Å². The summed E-state index contributed by atoms with van der Waals surface area (Å²) in [6, 6.07) is 0. The predicted octanol–water partition coefficient (Wildman–Crippen LogP) is 5.53.